The number of aliphatic hydroxyl groups is 1. The molecular formula is C17H16N6OS. The van der Waals surface area contributed by atoms with Gasteiger partial charge in [-0.25, -0.2) is 15.0 Å². The normalized spacial score (nSPS) is 14.6. The summed E-state index contributed by atoms with van der Waals surface area (Å²) in [7, 11) is 0. The highest BCUT2D eigenvalue weighted by Crippen LogP contribution is 2.32. The minimum atomic E-state index is 0.194. The van der Waals surface area contributed by atoms with Crippen LogP contribution in [0.3, 0.4) is 0 Å². The van der Waals surface area contributed by atoms with Crippen molar-refractivity contribution in [2.75, 3.05) is 25.0 Å². The topological polar surface area (TPSA) is 98.0 Å². The predicted octanol–water partition coefficient (Wildman–Crippen LogP) is 2.76. The molecule has 1 aliphatic heterocycles. The molecule has 126 valence electrons. The number of rotatable bonds is 5. The summed E-state index contributed by atoms with van der Waals surface area (Å²) in [6, 6.07) is 9.58. The lowest BCUT2D eigenvalue weighted by Crippen LogP contribution is -2.31. The van der Waals surface area contributed by atoms with Crippen molar-refractivity contribution in [1.29, 1.82) is 5.41 Å². The summed E-state index contributed by atoms with van der Waals surface area (Å²) in [6.45, 7) is 1.46. The quantitative estimate of drug-likeness (QED) is 0.653. The minimum absolute atomic E-state index is 0.194. The number of thiazole rings is 1. The van der Waals surface area contributed by atoms with Crippen LogP contribution < -0.4 is 5.32 Å². The highest BCUT2D eigenvalue weighted by Gasteiger charge is 2.30. The molecule has 4 rings (SSSR count). The van der Waals surface area contributed by atoms with Crippen LogP contribution in [0, 0.1) is 5.41 Å². The van der Waals surface area contributed by atoms with Crippen molar-refractivity contribution in [1.82, 2.24) is 19.9 Å². The molecular weight excluding hydrogens is 336 g/mol. The maximum Gasteiger partial charge on any atom is 0.222 e. The van der Waals surface area contributed by atoms with Crippen LogP contribution in [-0.2, 0) is 0 Å². The molecule has 0 unspecified atom stereocenters. The maximum absolute atomic E-state index is 10.3. The van der Waals surface area contributed by atoms with Crippen molar-refractivity contribution in [3.63, 3.8) is 0 Å². The first-order valence-electron chi connectivity index (χ1n) is 7.85. The van der Waals surface area contributed by atoms with E-state index in [9.17, 15) is 5.11 Å². The van der Waals surface area contributed by atoms with E-state index in [4.69, 9.17) is 5.41 Å². The van der Waals surface area contributed by atoms with Crippen molar-refractivity contribution in [2.45, 2.75) is 0 Å². The predicted molar refractivity (Wildman–Crippen MR) is 99.0 cm³/mol. The van der Waals surface area contributed by atoms with E-state index in [0.29, 0.717) is 42.0 Å². The van der Waals surface area contributed by atoms with E-state index in [1.807, 2.05) is 29.2 Å². The van der Waals surface area contributed by atoms with Crippen LogP contribution >= 0.6 is 11.3 Å². The number of amidine groups is 1. The van der Waals surface area contributed by atoms with Crippen LogP contribution in [0.15, 0.2) is 48.5 Å². The molecule has 3 aromatic rings. The second-order valence-electron chi connectivity index (χ2n) is 5.58. The number of aromatic nitrogens is 3. The van der Waals surface area contributed by atoms with Crippen LogP contribution in [-0.4, -0.2) is 50.4 Å². The fraction of sp³-hybridized carbons (Fsp3) is 0.176. The Morgan fingerprint density at radius 1 is 1.20 bits per heavy atom. The van der Waals surface area contributed by atoms with Gasteiger partial charge in [0.15, 0.2) is 0 Å². The lowest BCUT2D eigenvalue weighted by Gasteiger charge is -2.18. The first-order chi connectivity index (χ1) is 12.2. The smallest absolute Gasteiger partial charge is 0.222 e. The number of hydrogen-bond donors (Lipinski definition) is 3. The lowest BCUT2D eigenvalue weighted by molar-refractivity contribution is 0.354. The van der Waals surface area contributed by atoms with Gasteiger partial charge in [0.05, 0.1) is 22.3 Å². The first-order valence-corrected chi connectivity index (χ1v) is 8.67. The Morgan fingerprint density at radius 2 is 2.00 bits per heavy atom. The standard InChI is InChI=1S/C17H16N6OS/c18-15-14(16-22-11-4-1-2-5-13(11)25-16)12(24)10-23(15)9-8-21-17-19-6-3-7-20-17/h1-7,18,24H,8-10H2,(H,19,20,21). The fourth-order valence-corrected chi connectivity index (χ4v) is 3.76. The molecule has 0 atom stereocenters. The Labute approximate surface area is 148 Å². The molecule has 1 aliphatic rings. The number of nitrogens with zero attached hydrogens (tertiary/aromatic N) is 4. The van der Waals surface area contributed by atoms with Gasteiger partial charge in [-0.1, -0.05) is 12.1 Å². The van der Waals surface area contributed by atoms with E-state index in [1.54, 1.807) is 18.5 Å². The molecule has 2 aromatic heterocycles. The Balaban J connectivity index is 1.46. The molecule has 0 amide bonds. The number of hydrogen-bond acceptors (Lipinski definition) is 7. The number of fused-ring (bicyclic) bond motifs is 1. The van der Waals surface area contributed by atoms with Crippen LogP contribution in [0.1, 0.15) is 5.01 Å². The fourth-order valence-electron chi connectivity index (χ4n) is 2.72. The monoisotopic (exact) mass is 352 g/mol. The molecule has 0 saturated heterocycles. The van der Waals surface area contributed by atoms with E-state index < -0.39 is 0 Å². The van der Waals surface area contributed by atoms with Gasteiger partial charge in [-0.2, -0.15) is 0 Å². The highest BCUT2D eigenvalue weighted by atomic mass is 32.1. The molecule has 7 nitrogen and oxygen atoms in total. The summed E-state index contributed by atoms with van der Waals surface area (Å²) in [5, 5.41) is 22.5. The zero-order valence-electron chi connectivity index (χ0n) is 13.3. The van der Waals surface area contributed by atoms with Gasteiger partial charge < -0.3 is 15.3 Å². The maximum atomic E-state index is 10.3. The molecule has 25 heavy (non-hydrogen) atoms. The molecule has 1 aromatic carbocycles. The second kappa shape index (κ2) is 6.48. The van der Waals surface area contributed by atoms with Crippen LogP contribution in [0.2, 0.25) is 0 Å². The number of aliphatic hydroxyl groups excluding tert-OH is 1. The molecule has 0 radical (unpaired) electrons. The number of benzene rings is 1. The highest BCUT2D eigenvalue weighted by molar-refractivity contribution is 7.19. The molecule has 3 heterocycles. The lowest BCUT2D eigenvalue weighted by atomic mass is 10.2. The van der Waals surface area contributed by atoms with Crippen molar-refractivity contribution in [2.24, 2.45) is 0 Å². The molecule has 8 heteroatoms. The summed E-state index contributed by atoms with van der Waals surface area (Å²) in [5.74, 6) is 1.05. The Hall–Kier alpha value is -3.00. The van der Waals surface area contributed by atoms with E-state index >= 15 is 0 Å². The van der Waals surface area contributed by atoms with Crippen molar-refractivity contribution >= 4 is 38.9 Å². The molecule has 0 spiro atoms. The van der Waals surface area contributed by atoms with E-state index in [1.165, 1.54) is 11.3 Å². The van der Waals surface area contributed by atoms with Gasteiger partial charge in [0.1, 0.15) is 16.6 Å². The number of anilines is 1. The van der Waals surface area contributed by atoms with Gasteiger partial charge in [0.25, 0.3) is 0 Å². The average molecular weight is 352 g/mol. The van der Waals surface area contributed by atoms with Gasteiger partial charge in [-0.05, 0) is 18.2 Å². The molecule has 0 bridgehead atoms. The first kappa shape index (κ1) is 15.5. The van der Waals surface area contributed by atoms with Crippen molar-refractivity contribution in [3.8, 4) is 0 Å². The van der Waals surface area contributed by atoms with E-state index in [-0.39, 0.29) is 5.76 Å². The molecule has 0 fully saturated rings. The van der Waals surface area contributed by atoms with Gasteiger partial charge in [-0.3, -0.25) is 5.41 Å². The summed E-state index contributed by atoms with van der Waals surface area (Å²) in [6.07, 6.45) is 3.34. The van der Waals surface area contributed by atoms with Crippen LogP contribution in [0.25, 0.3) is 15.8 Å². The number of para-hydroxylation sites is 1. The van der Waals surface area contributed by atoms with E-state index in [2.05, 4.69) is 20.3 Å². The third-order valence-corrected chi connectivity index (χ3v) is 4.97. The van der Waals surface area contributed by atoms with E-state index in [0.717, 1.165) is 10.2 Å². The van der Waals surface area contributed by atoms with Gasteiger partial charge in [0, 0.05) is 25.5 Å². The van der Waals surface area contributed by atoms with Gasteiger partial charge in [-0.15, -0.1) is 11.3 Å². The zero-order chi connectivity index (χ0) is 17.2. The summed E-state index contributed by atoms with van der Waals surface area (Å²) < 4.78 is 1.05. The average Bonchev–Trinajstić information content (AvgIpc) is 3.16. The van der Waals surface area contributed by atoms with Crippen LogP contribution in [0.5, 0.6) is 0 Å². The second-order valence-corrected chi connectivity index (χ2v) is 6.61. The largest absolute Gasteiger partial charge is 0.510 e. The molecule has 0 aliphatic carbocycles. The van der Waals surface area contributed by atoms with Crippen molar-refractivity contribution < 1.29 is 5.11 Å². The third kappa shape index (κ3) is 3.03. The van der Waals surface area contributed by atoms with Gasteiger partial charge >= 0.3 is 0 Å². The zero-order valence-corrected chi connectivity index (χ0v) is 14.1. The van der Waals surface area contributed by atoms with Crippen LogP contribution in [0.4, 0.5) is 5.95 Å². The Bertz CT molecular complexity index is 919. The number of nitrogens with one attached hydrogen (secondary N) is 2. The SMILES string of the molecule is N=C1C(c2nc3ccccc3s2)=C(O)CN1CCNc1ncccn1. The molecule has 3 N–H and O–H groups in total. The summed E-state index contributed by atoms with van der Waals surface area (Å²) in [4.78, 5) is 14.6. The third-order valence-electron chi connectivity index (χ3n) is 3.92. The minimum Gasteiger partial charge on any atom is -0.510 e. The Kier molecular flexibility index (Phi) is 4.02. The molecule has 0 saturated carbocycles. The van der Waals surface area contributed by atoms with Crippen molar-refractivity contribution in [3.05, 3.63) is 53.5 Å². The Morgan fingerprint density at radius 3 is 2.80 bits per heavy atom. The summed E-state index contributed by atoms with van der Waals surface area (Å²) >= 11 is 1.49. The summed E-state index contributed by atoms with van der Waals surface area (Å²) in [5.41, 5.74) is 1.41. The van der Waals surface area contributed by atoms with Gasteiger partial charge in [0.2, 0.25) is 5.95 Å².